The summed E-state index contributed by atoms with van der Waals surface area (Å²) in [5, 5.41) is 21.0. The van der Waals surface area contributed by atoms with Gasteiger partial charge in [0.2, 0.25) is 0 Å². The molecule has 0 amide bonds. The summed E-state index contributed by atoms with van der Waals surface area (Å²) in [6.07, 6.45) is 2.43. The molecule has 0 bridgehead atoms. The van der Waals surface area contributed by atoms with E-state index < -0.39 is 0 Å². The highest BCUT2D eigenvalue weighted by atomic mass is 16.5. The van der Waals surface area contributed by atoms with Crippen LogP contribution < -0.4 is 4.74 Å². The smallest absolute Gasteiger partial charge is 0.171 e. The molecule has 2 aromatic rings. The Hall–Kier alpha value is -2.53. The Kier molecular flexibility index (Phi) is 6.01. The van der Waals surface area contributed by atoms with Crippen molar-refractivity contribution in [1.29, 1.82) is 0 Å². The summed E-state index contributed by atoms with van der Waals surface area (Å²) in [4.78, 5) is 15.0. The number of Topliss-reactive ketones (excluding diaryl/α,β-unsaturated/α-hetero) is 1. The number of para-hydroxylation sites is 1. The molecule has 0 saturated carbocycles. The molecular weight excluding hydrogens is 342 g/mol. The van der Waals surface area contributed by atoms with E-state index in [0.29, 0.717) is 23.8 Å². The van der Waals surface area contributed by atoms with Gasteiger partial charge in [-0.1, -0.05) is 25.1 Å². The number of benzene rings is 2. The number of phenolic OH excluding ortho intramolecular Hbond substituents is 2. The zero-order valence-electron chi connectivity index (χ0n) is 15.9. The number of hydrogen-bond acceptors (Lipinski definition) is 5. The van der Waals surface area contributed by atoms with Crippen LogP contribution in [-0.4, -0.2) is 41.1 Å². The van der Waals surface area contributed by atoms with E-state index in [1.54, 1.807) is 7.11 Å². The maximum absolute atomic E-state index is 12.8. The zero-order chi connectivity index (χ0) is 19.4. The van der Waals surface area contributed by atoms with E-state index in [0.717, 1.165) is 25.1 Å². The molecular formula is C22H27NO4. The number of phenols is 2. The highest BCUT2D eigenvalue weighted by Gasteiger charge is 2.23. The minimum Gasteiger partial charge on any atom is -0.507 e. The number of methoxy groups -OCH3 is 1. The van der Waals surface area contributed by atoms with Gasteiger partial charge in [0.15, 0.2) is 5.78 Å². The molecule has 5 nitrogen and oxygen atoms in total. The number of hydrogen-bond donors (Lipinski definition) is 2. The SMILES string of the molecule is COc1ccccc1CC(=O)c1ccc(O)c(CN2CCC[C@H](C)C2)c1O. The first-order chi connectivity index (χ1) is 13.0. The van der Waals surface area contributed by atoms with Crippen LogP contribution in [0.1, 0.15) is 41.3 Å². The molecule has 1 saturated heterocycles. The van der Waals surface area contributed by atoms with Gasteiger partial charge in [-0.2, -0.15) is 0 Å². The Labute approximate surface area is 160 Å². The highest BCUT2D eigenvalue weighted by Crippen LogP contribution is 2.34. The fraction of sp³-hybridized carbons (Fsp3) is 0.409. The molecule has 5 heteroatoms. The Bertz CT molecular complexity index is 818. The largest absolute Gasteiger partial charge is 0.507 e. The molecule has 1 atom stereocenters. The molecule has 1 aliphatic heterocycles. The third-order valence-electron chi connectivity index (χ3n) is 5.22. The second-order valence-corrected chi connectivity index (χ2v) is 7.35. The van der Waals surface area contributed by atoms with E-state index in [9.17, 15) is 15.0 Å². The van der Waals surface area contributed by atoms with Crippen molar-refractivity contribution in [3.05, 3.63) is 53.1 Å². The fourth-order valence-corrected chi connectivity index (χ4v) is 3.78. The Morgan fingerprint density at radius 3 is 2.74 bits per heavy atom. The number of ketones is 1. The number of carbonyl (C=O) groups excluding carboxylic acids is 1. The van der Waals surface area contributed by atoms with Gasteiger partial charge in [0.1, 0.15) is 17.2 Å². The van der Waals surface area contributed by atoms with Gasteiger partial charge >= 0.3 is 0 Å². The average Bonchev–Trinajstić information content (AvgIpc) is 2.65. The van der Waals surface area contributed by atoms with Gasteiger partial charge in [0.25, 0.3) is 0 Å². The van der Waals surface area contributed by atoms with Crippen molar-refractivity contribution >= 4 is 5.78 Å². The van der Waals surface area contributed by atoms with Crippen LogP contribution in [0.2, 0.25) is 0 Å². The molecule has 0 radical (unpaired) electrons. The number of piperidine rings is 1. The Morgan fingerprint density at radius 1 is 1.22 bits per heavy atom. The molecule has 0 aliphatic carbocycles. The van der Waals surface area contributed by atoms with Gasteiger partial charge in [0, 0.05) is 25.1 Å². The monoisotopic (exact) mass is 369 g/mol. The molecule has 0 spiro atoms. The lowest BCUT2D eigenvalue weighted by molar-refractivity contribution is 0.0989. The standard InChI is InChI=1S/C22H27NO4/c1-15-6-5-11-23(13-15)14-18-19(24)10-9-17(22(18)26)20(25)12-16-7-3-4-8-21(16)27-2/h3-4,7-10,15,24,26H,5-6,11-14H2,1-2H3/t15-/m0/s1. The van der Waals surface area contributed by atoms with Gasteiger partial charge in [0.05, 0.1) is 18.2 Å². The zero-order valence-corrected chi connectivity index (χ0v) is 15.9. The van der Waals surface area contributed by atoms with Crippen molar-refractivity contribution in [2.24, 2.45) is 5.92 Å². The maximum atomic E-state index is 12.8. The first-order valence-electron chi connectivity index (χ1n) is 9.40. The normalized spacial score (nSPS) is 17.6. The van der Waals surface area contributed by atoms with Gasteiger partial charge in [-0.3, -0.25) is 9.69 Å². The van der Waals surface area contributed by atoms with Gasteiger partial charge in [-0.15, -0.1) is 0 Å². The summed E-state index contributed by atoms with van der Waals surface area (Å²) >= 11 is 0. The molecule has 1 heterocycles. The minimum absolute atomic E-state index is 0.0274. The van der Waals surface area contributed by atoms with E-state index in [1.807, 2.05) is 24.3 Å². The van der Waals surface area contributed by atoms with Crippen LogP contribution in [0.4, 0.5) is 0 Å². The van der Waals surface area contributed by atoms with E-state index in [1.165, 1.54) is 18.6 Å². The summed E-state index contributed by atoms with van der Waals surface area (Å²) < 4.78 is 5.30. The summed E-state index contributed by atoms with van der Waals surface area (Å²) in [6, 6.07) is 10.3. The lowest BCUT2D eigenvalue weighted by Crippen LogP contribution is -2.33. The number of nitrogens with zero attached hydrogens (tertiary/aromatic N) is 1. The molecule has 0 aromatic heterocycles. The molecule has 2 aromatic carbocycles. The first kappa shape index (κ1) is 19.2. The highest BCUT2D eigenvalue weighted by molar-refractivity contribution is 6.00. The van der Waals surface area contributed by atoms with Gasteiger partial charge in [-0.05, 0) is 43.5 Å². The lowest BCUT2D eigenvalue weighted by atomic mass is 9.97. The minimum atomic E-state index is -0.203. The molecule has 0 unspecified atom stereocenters. The van der Waals surface area contributed by atoms with Crippen molar-refractivity contribution < 1.29 is 19.7 Å². The van der Waals surface area contributed by atoms with Crippen molar-refractivity contribution in [1.82, 2.24) is 4.90 Å². The quantitative estimate of drug-likeness (QED) is 0.759. The third-order valence-corrected chi connectivity index (χ3v) is 5.22. The van der Waals surface area contributed by atoms with Crippen LogP contribution in [0, 0.1) is 5.92 Å². The van der Waals surface area contributed by atoms with Gasteiger partial charge < -0.3 is 14.9 Å². The van der Waals surface area contributed by atoms with E-state index in [2.05, 4.69) is 11.8 Å². The molecule has 27 heavy (non-hydrogen) atoms. The number of aromatic hydroxyl groups is 2. The predicted molar refractivity (Wildman–Crippen MR) is 104 cm³/mol. The van der Waals surface area contributed by atoms with Crippen molar-refractivity contribution in [2.45, 2.75) is 32.7 Å². The third kappa shape index (κ3) is 4.42. The maximum Gasteiger partial charge on any atom is 0.171 e. The van der Waals surface area contributed by atoms with Crippen LogP contribution in [-0.2, 0) is 13.0 Å². The summed E-state index contributed by atoms with van der Waals surface area (Å²) in [6.45, 7) is 4.51. The van der Waals surface area contributed by atoms with Crippen LogP contribution in [0.25, 0.3) is 0 Å². The number of ether oxygens (including phenoxy) is 1. The number of carbonyl (C=O) groups is 1. The fourth-order valence-electron chi connectivity index (χ4n) is 3.78. The summed E-state index contributed by atoms with van der Waals surface area (Å²) in [5.74, 6) is 0.947. The predicted octanol–water partition coefficient (Wildman–Crippen LogP) is 3.76. The first-order valence-corrected chi connectivity index (χ1v) is 9.40. The molecule has 2 N–H and O–H groups in total. The molecule has 3 rings (SSSR count). The van der Waals surface area contributed by atoms with Crippen LogP contribution in [0.5, 0.6) is 17.2 Å². The number of likely N-dealkylation sites (tertiary alicyclic amines) is 1. The summed E-state index contributed by atoms with van der Waals surface area (Å²) in [7, 11) is 1.57. The summed E-state index contributed by atoms with van der Waals surface area (Å²) in [5.41, 5.74) is 1.43. The molecule has 144 valence electrons. The van der Waals surface area contributed by atoms with Crippen LogP contribution in [0.15, 0.2) is 36.4 Å². The Balaban J connectivity index is 1.82. The van der Waals surface area contributed by atoms with Crippen molar-refractivity contribution in [3.63, 3.8) is 0 Å². The van der Waals surface area contributed by atoms with E-state index >= 15 is 0 Å². The van der Waals surface area contributed by atoms with Gasteiger partial charge in [-0.25, -0.2) is 0 Å². The van der Waals surface area contributed by atoms with E-state index in [-0.39, 0.29) is 29.3 Å². The topological polar surface area (TPSA) is 70.0 Å². The van der Waals surface area contributed by atoms with Crippen molar-refractivity contribution in [2.75, 3.05) is 20.2 Å². The van der Waals surface area contributed by atoms with Crippen molar-refractivity contribution in [3.8, 4) is 17.2 Å². The average molecular weight is 369 g/mol. The second kappa shape index (κ2) is 8.44. The second-order valence-electron chi connectivity index (χ2n) is 7.35. The lowest BCUT2D eigenvalue weighted by Gasteiger charge is -2.31. The molecule has 1 fully saturated rings. The van der Waals surface area contributed by atoms with Crippen LogP contribution in [0.3, 0.4) is 0 Å². The number of rotatable bonds is 6. The Morgan fingerprint density at radius 2 is 2.00 bits per heavy atom. The van der Waals surface area contributed by atoms with Crippen LogP contribution >= 0.6 is 0 Å². The molecule has 1 aliphatic rings. The van der Waals surface area contributed by atoms with E-state index in [4.69, 9.17) is 4.74 Å².